The lowest BCUT2D eigenvalue weighted by Crippen LogP contribution is -2.49. The van der Waals surface area contributed by atoms with Crippen molar-refractivity contribution in [1.82, 2.24) is 15.0 Å². The van der Waals surface area contributed by atoms with Crippen molar-refractivity contribution in [2.45, 2.75) is 19.9 Å². The molecule has 0 N–H and O–H groups in total. The number of alkyl halides is 2. The zero-order chi connectivity index (χ0) is 13.1. The van der Waals surface area contributed by atoms with Crippen LogP contribution in [0.15, 0.2) is 10.6 Å². The number of piperazine rings is 1. The minimum absolute atomic E-state index is 0.330. The largest absolute Gasteiger partial charge is 0.360 e. The number of rotatable bonds is 3. The Kier molecular flexibility index (Phi) is 3.90. The molecule has 0 saturated carbocycles. The van der Waals surface area contributed by atoms with Crippen molar-refractivity contribution in [2.75, 3.05) is 26.2 Å². The number of carbonyl (C=O) groups is 1. The Balaban J connectivity index is 1.82. The average molecular weight is 259 g/mol. The number of aromatic nitrogens is 1. The van der Waals surface area contributed by atoms with Crippen LogP contribution in [-0.2, 0) is 11.3 Å². The van der Waals surface area contributed by atoms with Crippen molar-refractivity contribution in [3.63, 3.8) is 0 Å². The van der Waals surface area contributed by atoms with E-state index in [4.69, 9.17) is 4.52 Å². The predicted molar refractivity (Wildman–Crippen MR) is 59.1 cm³/mol. The Morgan fingerprint density at radius 2 is 2.11 bits per heavy atom. The van der Waals surface area contributed by atoms with E-state index in [1.807, 2.05) is 13.0 Å². The summed E-state index contributed by atoms with van der Waals surface area (Å²) >= 11 is 0. The summed E-state index contributed by atoms with van der Waals surface area (Å²) in [7, 11) is 0. The molecule has 0 aromatic carbocycles. The van der Waals surface area contributed by atoms with Crippen molar-refractivity contribution < 1.29 is 18.1 Å². The smallest absolute Gasteiger partial charge is 0.315 e. The number of hydrogen-bond donors (Lipinski definition) is 0. The molecule has 18 heavy (non-hydrogen) atoms. The minimum Gasteiger partial charge on any atom is -0.360 e. The molecule has 0 radical (unpaired) electrons. The van der Waals surface area contributed by atoms with Crippen LogP contribution in [0, 0.1) is 6.92 Å². The lowest BCUT2D eigenvalue weighted by molar-refractivity contribution is -0.144. The maximum atomic E-state index is 12.2. The molecule has 2 rings (SSSR count). The van der Waals surface area contributed by atoms with E-state index in [9.17, 15) is 13.6 Å². The molecule has 1 amide bonds. The molecule has 1 aliphatic rings. The third-order valence-electron chi connectivity index (χ3n) is 2.93. The fourth-order valence-electron chi connectivity index (χ4n) is 1.98. The molecule has 0 spiro atoms. The van der Waals surface area contributed by atoms with E-state index < -0.39 is 12.3 Å². The van der Waals surface area contributed by atoms with Gasteiger partial charge in [-0.15, -0.1) is 0 Å². The number of amides is 1. The monoisotopic (exact) mass is 259 g/mol. The average Bonchev–Trinajstić information content (AvgIpc) is 2.75. The molecular weight excluding hydrogens is 244 g/mol. The van der Waals surface area contributed by atoms with Crippen LogP contribution in [0.25, 0.3) is 0 Å². The van der Waals surface area contributed by atoms with Gasteiger partial charge in [-0.05, 0) is 6.92 Å². The second kappa shape index (κ2) is 5.43. The summed E-state index contributed by atoms with van der Waals surface area (Å²) in [5, 5.41) is 3.78. The Bertz CT molecular complexity index is 414. The van der Waals surface area contributed by atoms with Crippen molar-refractivity contribution in [3.8, 4) is 0 Å². The summed E-state index contributed by atoms with van der Waals surface area (Å²) in [4.78, 5) is 14.3. The molecule has 1 fully saturated rings. The Morgan fingerprint density at radius 3 is 2.61 bits per heavy atom. The standard InChI is InChI=1S/C11H15F2N3O2/c1-8-6-9(18-14-8)7-15-2-4-16(5-3-15)11(17)10(12)13/h6,10H,2-5,7H2,1H3. The topological polar surface area (TPSA) is 49.6 Å². The lowest BCUT2D eigenvalue weighted by atomic mass is 10.3. The number of aryl methyl sites for hydroxylation is 1. The van der Waals surface area contributed by atoms with Crippen LogP contribution in [0.3, 0.4) is 0 Å². The molecule has 0 aliphatic carbocycles. The first-order valence-corrected chi connectivity index (χ1v) is 5.78. The van der Waals surface area contributed by atoms with E-state index in [-0.39, 0.29) is 0 Å². The normalized spacial score (nSPS) is 17.4. The van der Waals surface area contributed by atoms with Crippen molar-refractivity contribution in [3.05, 3.63) is 17.5 Å². The van der Waals surface area contributed by atoms with Gasteiger partial charge >= 0.3 is 6.43 Å². The van der Waals surface area contributed by atoms with Gasteiger partial charge in [-0.1, -0.05) is 5.16 Å². The molecule has 1 saturated heterocycles. The zero-order valence-electron chi connectivity index (χ0n) is 10.1. The SMILES string of the molecule is Cc1cc(CN2CCN(C(=O)C(F)F)CC2)on1. The van der Waals surface area contributed by atoms with Gasteiger partial charge in [0.2, 0.25) is 0 Å². The third kappa shape index (κ3) is 3.04. The van der Waals surface area contributed by atoms with Gasteiger partial charge in [0.1, 0.15) is 0 Å². The highest BCUT2D eigenvalue weighted by molar-refractivity contribution is 5.79. The van der Waals surface area contributed by atoms with E-state index in [0.29, 0.717) is 32.7 Å². The summed E-state index contributed by atoms with van der Waals surface area (Å²) in [5.74, 6) is -0.328. The zero-order valence-corrected chi connectivity index (χ0v) is 10.1. The van der Waals surface area contributed by atoms with Gasteiger partial charge < -0.3 is 9.42 Å². The second-order valence-corrected chi connectivity index (χ2v) is 4.34. The fourth-order valence-corrected chi connectivity index (χ4v) is 1.98. The lowest BCUT2D eigenvalue weighted by Gasteiger charge is -2.33. The van der Waals surface area contributed by atoms with Gasteiger partial charge in [0.15, 0.2) is 5.76 Å². The van der Waals surface area contributed by atoms with E-state index >= 15 is 0 Å². The first kappa shape index (κ1) is 12.9. The predicted octanol–water partition coefficient (Wildman–Crippen LogP) is 0.892. The van der Waals surface area contributed by atoms with Crippen molar-refractivity contribution in [1.29, 1.82) is 0 Å². The maximum absolute atomic E-state index is 12.2. The quantitative estimate of drug-likeness (QED) is 0.809. The van der Waals surface area contributed by atoms with E-state index in [1.165, 1.54) is 4.90 Å². The van der Waals surface area contributed by atoms with Gasteiger partial charge in [0.05, 0.1) is 12.2 Å². The van der Waals surface area contributed by atoms with Crippen LogP contribution in [0.1, 0.15) is 11.5 Å². The van der Waals surface area contributed by atoms with Crippen LogP contribution in [-0.4, -0.2) is 53.5 Å². The van der Waals surface area contributed by atoms with E-state index in [0.717, 1.165) is 11.5 Å². The Hall–Kier alpha value is -1.50. The van der Waals surface area contributed by atoms with Gasteiger partial charge in [0.25, 0.3) is 5.91 Å². The highest BCUT2D eigenvalue weighted by Gasteiger charge is 2.27. The molecule has 0 atom stereocenters. The van der Waals surface area contributed by atoms with Crippen LogP contribution in [0.5, 0.6) is 0 Å². The van der Waals surface area contributed by atoms with Crippen LogP contribution in [0.2, 0.25) is 0 Å². The number of carbonyl (C=O) groups excluding carboxylic acids is 1. The van der Waals surface area contributed by atoms with E-state index in [1.54, 1.807) is 0 Å². The first-order chi connectivity index (χ1) is 8.56. The van der Waals surface area contributed by atoms with Gasteiger partial charge in [-0.25, -0.2) is 0 Å². The molecule has 1 aromatic rings. The Labute approximate surface area is 103 Å². The highest BCUT2D eigenvalue weighted by Crippen LogP contribution is 2.11. The molecule has 2 heterocycles. The molecule has 1 aliphatic heterocycles. The van der Waals surface area contributed by atoms with Crippen LogP contribution < -0.4 is 0 Å². The summed E-state index contributed by atoms with van der Waals surface area (Å²) in [6.45, 7) is 4.23. The number of hydrogen-bond acceptors (Lipinski definition) is 4. The van der Waals surface area contributed by atoms with Gasteiger partial charge in [0, 0.05) is 32.2 Å². The summed E-state index contributed by atoms with van der Waals surface area (Å²) in [5.41, 5.74) is 0.816. The third-order valence-corrected chi connectivity index (χ3v) is 2.93. The molecule has 1 aromatic heterocycles. The molecule has 5 nitrogen and oxygen atoms in total. The molecular formula is C11H15F2N3O2. The minimum atomic E-state index is -2.91. The highest BCUT2D eigenvalue weighted by atomic mass is 19.3. The molecule has 0 bridgehead atoms. The molecule has 0 unspecified atom stereocenters. The van der Waals surface area contributed by atoms with Crippen LogP contribution >= 0.6 is 0 Å². The molecule has 7 heteroatoms. The number of halogens is 2. The summed E-state index contributed by atoms with van der Waals surface area (Å²) in [6.07, 6.45) is -2.91. The summed E-state index contributed by atoms with van der Waals surface area (Å²) in [6, 6.07) is 1.84. The number of nitrogens with zero attached hydrogens (tertiary/aromatic N) is 3. The van der Waals surface area contributed by atoms with Crippen molar-refractivity contribution >= 4 is 5.91 Å². The second-order valence-electron chi connectivity index (χ2n) is 4.34. The summed E-state index contributed by atoms with van der Waals surface area (Å²) < 4.78 is 29.6. The van der Waals surface area contributed by atoms with Crippen molar-refractivity contribution in [2.24, 2.45) is 0 Å². The van der Waals surface area contributed by atoms with E-state index in [2.05, 4.69) is 10.1 Å². The maximum Gasteiger partial charge on any atom is 0.315 e. The Morgan fingerprint density at radius 1 is 1.44 bits per heavy atom. The molecule has 100 valence electrons. The fraction of sp³-hybridized carbons (Fsp3) is 0.636. The van der Waals surface area contributed by atoms with Gasteiger partial charge in [-0.2, -0.15) is 8.78 Å². The first-order valence-electron chi connectivity index (χ1n) is 5.78. The van der Waals surface area contributed by atoms with Gasteiger partial charge in [-0.3, -0.25) is 9.69 Å². The van der Waals surface area contributed by atoms with Crippen LogP contribution in [0.4, 0.5) is 8.78 Å².